The molecule has 2 aliphatic heterocycles. The molecule has 1 aromatic heterocycles. The van der Waals surface area contributed by atoms with Gasteiger partial charge in [-0.2, -0.15) is 0 Å². The standard InChI is InChI=1S/C19H29N3O2S.2ClH/c1-18(2)16-15(6-3-11-24-16)19(18,20)17(23)22-9-7-21(8-10-22)13-14-5-4-12-25-14;;/h4-5,12,15-16H,3,6-11,13,20H2,1-2H3;2*1H. The molecule has 2 saturated heterocycles. The van der Waals surface area contributed by atoms with E-state index < -0.39 is 5.54 Å². The third-order valence-corrected chi connectivity index (χ3v) is 7.52. The molecule has 1 amide bonds. The highest BCUT2D eigenvalue weighted by Gasteiger charge is 2.70. The van der Waals surface area contributed by atoms with Crippen LogP contribution < -0.4 is 5.73 Å². The molecule has 3 heterocycles. The largest absolute Gasteiger partial charge is 0.377 e. The van der Waals surface area contributed by atoms with Gasteiger partial charge in [-0.15, -0.1) is 36.2 Å². The average molecular weight is 436 g/mol. The van der Waals surface area contributed by atoms with Crippen LogP contribution >= 0.6 is 36.2 Å². The topological polar surface area (TPSA) is 58.8 Å². The van der Waals surface area contributed by atoms with Crippen molar-refractivity contribution in [3.05, 3.63) is 22.4 Å². The van der Waals surface area contributed by atoms with Crippen molar-refractivity contribution in [1.29, 1.82) is 0 Å². The maximum atomic E-state index is 13.3. The van der Waals surface area contributed by atoms with E-state index >= 15 is 0 Å². The molecule has 3 aliphatic rings. The van der Waals surface area contributed by atoms with Gasteiger partial charge in [-0.05, 0) is 24.3 Å². The van der Waals surface area contributed by atoms with Crippen LogP contribution in [-0.4, -0.2) is 60.1 Å². The minimum atomic E-state index is -0.770. The molecule has 3 unspecified atom stereocenters. The molecule has 154 valence electrons. The summed E-state index contributed by atoms with van der Waals surface area (Å²) in [5, 5.41) is 2.12. The first-order valence-corrected chi connectivity index (χ1v) is 10.3. The highest BCUT2D eigenvalue weighted by Crippen LogP contribution is 2.58. The van der Waals surface area contributed by atoms with Crippen LogP contribution in [0.5, 0.6) is 0 Å². The van der Waals surface area contributed by atoms with Crippen molar-refractivity contribution >= 4 is 42.1 Å². The lowest BCUT2D eigenvalue weighted by Gasteiger charge is -2.66. The number of amides is 1. The van der Waals surface area contributed by atoms with Crippen molar-refractivity contribution in [2.75, 3.05) is 32.8 Å². The van der Waals surface area contributed by atoms with Crippen molar-refractivity contribution in [3.63, 3.8) is 0 Å². The molecule has 3 fully saturated rings. The Hall–Kier alpha value is -0.370. The fraction of sp³-hybridized carbons (Fsp3) is 0.737. The van der Waals surface area contributed by atoms with Gasteiger partial charge in [-0.25, -0.2) is 0 Å². The second-order valence-corrected chi connectivity index (χ2v) is 9.31. The van der Waals surface area contributed by atoms with Gasteiger partial charge in [0.15, 0.2) is 0 Å². The number of ether oxygens (including phenoxy) is 1. The molecule has 0 aromatic carbocycles. The average Bonchev–Trinajstić information content (AvgIpc) is 3.14. The highest BCUT2D eigenvalue weighted by atomic mass is 35.5. The van der Waals surface area contributed by atoms with Crippen LogP contribution in [0.25, 0.3) is 0 Å². The predicted octanol–water partition coefficient (Wildman–Crippen LogP) is 2.77. The third-order valence-electron chi connectivity index (χ3n) is 6.66. The number of carbonyl (C=O) groups excluding carboxylic acids is 1. The molecular weight excluding hydrogens is 405 g/mol. The zero-order valence-corrected chi connectivity index (χ0v) is 18.5. The number of hydrogen-bond acceptors (Lipinski definition) is 5. The van der Waals surface area contributed by atoms with Crippen molar-refractivity contribution in [3.8, 4) is 0 Å². The lowest BCUT2D eigenvalue weighted by molar-refractivity contribution is -0.230. The summed E-state index contributed by atoms with van der Waals surface area (Å²) < 4.78 is 5.94. The SMILES string of the molecule is CC1(C)C2OCCCC2C1(N)C(=O)N1CCN(Cc2cccs2)CC1.Cl.Cl. The van der Waals surface area contributed by atoms with E-state index in [9.17, 15) is 4.79 Å². The molecule has 0 radical (unpaired) electrons. The molecule has 0 spiro atoms. The Bertz CT molecular complexity index is 635. The Labute approximate surface area is 178 Å². The van der Waals surface area contributed by atoms with E-state index in [-0.39, 0.29) is 48.2 Å². The Balaban J connectivity index is 0.00000131. The maximum absolute atomic E-state index is 13.3. The van der Waals surface area contributed by atoms with E-state index in [0.717, 1.165) is 52.2 Å². The molecule has 0 bridgehead atoms. The van der Waals surface area contributed by atoms with Crippen LogP contribution in [0.3, 0.4) is 0 Å². The summed E-state index contributed by atoms with van der Waals surface area (Å²) in [5.41, 5.74) is 5.71. The van der Waals surface area contributed by atoms with E-state index in [2.05, 4.69) is 36.3 Å². The Morgan fingerprint density at radius 3 is 2.63 bits per heavy atom. The molecule has 1 aliphatic carbocycles. The number of rotatable bonds is 3. The number of carbonyl (C=O) groups is 1. The smallest absolute Gasteiger partial charge is 0.243 e. The minimum absolute atomic E-state index is 0. The van der Waals surface area contributed by atoms with Crippen molar-refractivity contribution < 1.29 is 9.53 Å². The van der Waals surface area contributed by atoms with Gasteiger partial charge in [0.2, 0.25) is 5.91 Å². The second kappa shape index (κ2) is 8.56. The van der Waals surface area contributed by atoms with E-state index in [1.54, 1.807) is 11.3 Å². The van der Waals surface area contributed by atoms with E-state index in [1.165, 1.54) is 4.88 Å². The third kappa shape index (κ3) is 3.65. The van der Waals surface area contributed by atoms with Gasteiger partial charge >= 0.3 is 0 Å². The van der Waals surface area contributed by atoms with Crippen LogP contribution in [0.2, 0.25) is 0 Å². The van der Waals surface area contributed by atoms with Crippen molar-refractivity contribution in [1.82, 2.24) is 9.80 Å². The number of thiophene rings is 1. The quantitative estimate of drug-likeness (QED) is 0.792. The molecule has 27 heavy (non-hydrogen) atoms. The molecule has 3 atom stereocenters. The molecule has 2 N–H and O–H groups in total. The summed E-state index contributed by atoms with van der Waals surface area (Å²) in [4.78, 5) is 19.1. The number of nitrogens with zero attached hydrogens (tertiary/aromatic N) is 2. The molecule has 1 aromatic rings. The van der Waals surface area contributed by atoms with Crippen molar-refractivity contribution in [2.24, 2.45) is 17.1 Å². The van der Waals surface area contributed by atoms with Gasteiger partial charge in [0.1, 0.15) is 5.54 Å². The molecular formula is C19H31Cl2N3O2S. The van der Waals surface area contributed by atoms with Gasteiger partial charge in [0, 0.05) is 55.5 Å². The number of fused-ring (bicyclic) bond motifs is 1. The first-order valence-electron chi connectivity index (χ1n) is 9.39. The van der Waals surface area contributed by atoms with Crippen LogP contribution in [0.4, 0.5) is 0 Å². The highest BCUT2D eigenvalue weighted by molar-refractivity contribution is 7.09. The zero-order valence-electron chi connectivity index (χ0n) is 16.1. The summed E-state index contributed by atoms with van der Waals surface area (Å²) in [5.74, 6) is 0.313. The van der Waals surface area contributed by atoms with E-state index in [4.69, 9.17) is 10.5 Å². The maximum Gasteiger partial charge on any atom is 0.243 e. The predicted molar refractivity (Wildman–Crippen MR) is 114 cm³/mol. The Kier molecular flexibility index (Phi) is 7.26. The monoisotopic (exact) mass is 435 g/mol. The number of halogens is 2. The number of nitrogens with two attached hydrogens (primary N) is 1. The Morgan fingerprint density at radius 2 is 2.00 bits per heavy atom. The Morgan fingerprint density at radius 1 is 1.30 bits per heavy atom. The summed E-state index contributed by atoms with van der Waals surface area (Å²) >= 11 is 1.80. The zero-order chi connectivity index (χ0) is 17.7. The fourth-order valence-electron chi connectivity index (χ4n) is 5.00. The van der Waals surface area contributed by atoms with E-state index in [0.29, 0.717) is 0 Å². The fourth-order valence-corrected chi connectivity index (χ4v) is 5.75. The lowest BCUT2D eigenvalue weighted by Crippen LogP contribution is -2.82. The molecule has 4 rings (SSSR count). The molecule has 8 heteroatoms. The number of piperazine rings is 1. The molecule has 1 saturated carbocycles. The summed E-state index contributed by atoms with van der Waals surface area (Å²) in [6, 6.07) is 4.27. The summed E-state index contributed by atoms with van der Waals surface area (Å²) in [7, 11) is 0. The van der Waals surface area contributed by atoms with Gasteiger partial charge in [-0.3, -0.25) is 9.69 Å². The lowest BCUT2D eigenvalue weighted by atomic mass is 9.46. The van der Waals surface area contributed by atoms with Crippen LogP contribution in [-0.2, 0) is 16.1 Å². The van der Waals surface area contributed by atoms with Crippen LogP contribution in [0.15, 0.2) is 17.5 Å². The normalized spacial score (nSPS) is 32.5. The van der Waals surface area contributed by atoms with Crippen LogP contribution in [0.1, 0.15) is 31.6 Å². The number of hydrogen-bond donors (Lipinski definition) is 1. The van der Waals surface area contributed by atoms with Gasteiger partial charge < -0.3 is 15.4 Å². The second-order valence-electron chi connectivity index (χ2n) is 8.28. The first-order chi connectivity index (χ1) is 11.9. The minimum Gasteiger partial charge on any atom is -0.377 e. The first kappa shape index (κ1) is 22.9. The van der Waals surface area contributed by atoms with E-state index in [1.807, 2.05) is 4.90 Å². The van der Waals surface area contributed by atoms with Gasteiger partial charge in [0.05, 0.1) is 6.10 Å². The van der Waals surface area contributed by atoms with Gasteiger partial charge in [0.25, 0.3) is 0 Å². The molecule has 5 nitrogen and oxygen atoms in total. The van der Waals surface area contributed by atoms with Gasteiger partial charge in [-0.1, -0.05) is 19.9 Å². The summed E-state index contributed by atoms with van der Waals surface area (Å²) in [6.45, 7) is 9.38. The van der Waals surface area contributed by atoms with Crippen LogP contribution in [0, 0.1) is 11.3 Å². The summed E-state index contributed by atoms with van der Waals surface area (Å²) in [6.07, 6.45) is 2.16. The van der Waals surface area contributed by atoms with Crippen molar-refractivity contribution in [2.45, 2.75) is 44.9 Å².